The molecule has 1 heterocycles. The van der Waals surface area contributed by atoms with Crippen LogP contribution in [0.4, 0.5) is 0 Å². The zero-order valence-corrected chi connectivity index (χ0v) is 8.28. The summed E-state index contributed by atoms with van der Waals surface area (Å²) in [5.41, 5.74) is 2.47. The molecule has 1 aliphatic rings. The van der Waals surface area contributed by atoms with Gasteiger partial charge in [0.15, 0.2) is 0 Å². The van der Waals surface area contributed by atoms with E-state index in [-0.39, 0.29) is 10.5 Å². The Hall–Kier alpha value is -1.44. The summed E-state index contributed by atoms with van der Waals surface area (Å²) in [6, 6.07) is 4.93. The van der Waals surface area contributed by atoms with Crippen molar-refractivity contribution in [3.63, 3.8) is 0 Å². The smallest absolute Gasteiger partial charge is 0.326 e. The van der Waals surface area contributed by atoms with Crippen molar-refractivity contribution >= 4 is 16.0 Å². The number of fused-ring (bicyclic) bond motifs is 1. The molecule has 7 heteroatoms. The molecule has 6 nitrogen and oxygen atoms in total. The van der Waals surface area contributed by atoms with Gasteiger partial charge in [-0.3, -0.25) is 4.79 Å². The first-order chi connectivity index (χ1) is 7.02. The summed E-state index contributed by atoms with van der Waals surface area (Å²) in [4.78, 5) is 12.8. The number of sulfonamides is 1. The zero-order valence-electron chi connectivity index (χ0n) is 7.47. The van der Waals surface area contributed by atoms with Gasteiger partial charge in [-0.2, -0.15) is 0 Å². The second-order valence-corrected chi connectivity index (χ2v) is 4.71. The fraction of sp³-hybridized carbons (Fsp3) is 0.125. The van der Waals surface area contributed by atoms with Crippen LogP contribution in [0.1, 0.15) is 11.6 Å². The molecule has 0 saturated heterocycles. The van der Waals surface area contributed by atoms with Crippen LogP contribution >= 0.6 is 0 Å². The molecule has 1 aliphatic heterocycles. The number of hydrazine groups is 1. The molecule has 0 bridgehead atoms. The minimum absolute atomic E-state index is 0.00356. The first-order valence-corrected chi connectivity index (χ1v) is 5.60. The van der Waals surface area contributed by atoms with Gasteiger partial charge in [0.05, 0.1) is 4.90 Å². The summed E-state index contributed by atoms with van der Waals surface area (Å²) >= 11 is 0. The predicted molar refractivity (Wildman–Crippen MR) is 50.3 cm³/mol. The van der Waals surface area contributed by atoms with E-state index in [1.807, 2.05) is 4.83 Å². The third kappa shape index (κ3) is 1.60. The summed E-state index contributed by atoms with van der Waals surface area (Å²) in [7, 11) is -3.63. The third-order valence-electron chi connectivity index (χ3n) is 2.10. The topological polar surface area (TPSA) is 95.5 Å². The van der Waals surface area contributed by atoms with Crippen LogP contribution in [0.25, 0.3) is 0 Å². The van der Waals surface area contributed by atoms with E-state index in [0.717, 1.165) is 0 Å². The van der Waals surface area contributed by atoms with Gasteiger partial charge in [-0.05, 0) is 6.07 Å². The first-order valence-electron chi connectivity index (χ1n) is 4.11. The van der Waals surface area contributed by atoms with Crippen LogP contribution in [0.2, 0.25) is 0 Å². The zero-order chi connectivity index (χ0) is 11.1. The Morgan fingerprint density at radius 3 is 2.67 bits per heavy atom. The predicted octanol–water partition coefficient (Wildman–Crippen LogP) is -0.391. The standard InChI is InChI=1S/C8H8N2O4S/c11-8(12)7-5-3-1-2-4-6(5)15(13,14)10-9-7/h1-4,7,9-10H,(H,11,12). The molecule has 1 unspecified atom stereocenters. The number of benzene rings is 1. The maximum absolute atomic E-state index is 11.5. The molecule has 1 atom stereocenters. The average molecular weight is 228 g/mol. The highest BCUT2D eigenvalue weighted by molar-refractivity contribution is 7.89. The van der Waals surface area contributed by atoms with Crippen LogP contribution < -0.4 is 10.3 Å². The van der Waals surface area contributed by atoms with Gasteiger partial charge in [0, 0.05) is 5.56 Å². The van der Waals surface area contributed by atoms with Crippen molar-refractivity contribution in [2.75, 3.05) is 0 Å². The lowest BCUT2D eigenvalue weighted by Gasteiger charge is -2.23. The monoisotopic (exact) mass is 228 g/mol. The van der Waals surface area contributed by atoms with Crippen molar-refractivity contribution in [2.24, 2.45) is 0 Å². The third-order valence-corrected chi connectivity index (χ3v) is 3.44. The Balaban J connectivity index is 2.64. The van der Waals surface area contributed by atoms with Crippen LogP contribution in [0, 0.1) is 0 Å². The van der Waals surface area contributed by atoms with Crippen molar-refractivity contribution in [3.05, 3.63) is 29.8 Å². The van der Waals surface area contributed by atoms with E-state index in [1.165, 1.54) is 12.1 Å². The SMILES string of the molecule is O=C(O)C1NNS(=O)(=O)c2ccccc21. The lowest BCUT2D eigenvalue weighted by molar-refractivity contribution is -0.139. The van der Waals surface area contributed by atoms with E-state index in [4.69, 9.17) is 5.11 Å². The molecule has 0 amide bonds. The number of carboxylic acid groups (broad SMARTS) is 1. The van der Waals surface area contributed by atoms with Crippen molar-refractivity contribution in [2.45, 2.75) is 10.9 Å². The van der Waals surface area contributed by atoms with Crippen LogP contribution in [0.3, 0.4) is 0 Å². The Kier molecular flexibility index (Phi) is 2.22. The Morgan fingerprint density at radius 1 is 1.33 bits per heavy atom. The highest BCUT2D eigenvalue weighted by atomic mass is 32.2. The van der Waals surface area contributed by atoms with Crippen molar-refractivity contribution in [1.82, 2.24) is 10.3 Å². The molecule has 0 saturated carbocycles. The van der Waals surface area contributed by atoms with Gasteiger partial charge in [-0.15, -0.1) is 4.83 Å². The molecule has 80 valence electrons. The summed E-state index contributed by atoms with van der Waals surface area (Å²) in [6.07, 6.45) is 0. The molecular formula is C8H8N2O4S. The lowest BCUT2D eigenvalue weighted by Crippen LogP contribution is -2.47. The van der Waals surface area contributed by atoms with E-state index < -0.39 is 22.0 Å². The number of hydrogen-bond donors (Lipinski definition) is 3. The quantitative estimate of drug-likeness (QED) is 0.608. The van der Waals surface area contributed by atoms with Gasteiger partial charge in [-0.25, -0.2) is 13.8 Å². The summed E-state index contributed by atoms with van der Waals surface area (Å²) < 4.78 is 22.9. The molecule has 0 spiro atoms. The molecule has 1 aromatic carbocycles. The lowest BCUT2D eigenvalue weighted by atomic mass is 10.1. The van der Waals surface area contributed by atoms with Gasteiger partial charge in [-0.1, -0.05) is 18.2 Å². The van der Waals surface area contributed by atoms with Crippen LogP contribution in [-0.4, -0.2) is 19.5 Å². The number of carboxylic acids is 1. The van der Waals surface area contributed by atoms with E-state index in [1.54, 1.807) is 12.1 Å². The molecule has 3 N–H and O–H groups in total. The maximum atomic E-state index is 11.5. The van der Waals surface area contributed by atoms with Crippen molar-refractivity contribution < 1.29 is 18.3 Å². The number of aliphatic carboxylic acids is 1. The largest absolute Gasteiger partial charge is 0.480 e. The van der Waals surface area contributed by atoms with Gasteiger partial charge in [0.25, 0.3) is 10.0 Å². The molecular weight excluding hydrogens is 220 g/mol. The van der Waals surface area contributed by atoms with E-state index in [9.17, 15) is 13.2 Å². The van der Waals surface area contributed by atoms with Gasteiger partial charge in [0.1, 0.15) is 6.04 Å². The molecule has 2 rings (SSSR count). The molecule has 0 aromatic heterocycles. The summed E-state index contributed by atoms with van der Waals surface area (Å²) in [6.45, 7) is 0. The van der Waals surface area contributed by atoms with Gasteiger partial charge in [0.2, 0.25) is 0 Å². The number of carbonyl (C=O) groups is 1. The fourth-order valence-electron chi connectivity index (χ4n) is 1.43. The molecule has 0 aliphatic carbocycles. The van der Waals surface area contributed by atoms with Crippen LogP contribution in [0.15, 0.2) is 29.2 Å². The number of nitrogens with one attached hydrogen (secondary N) is 2. The minimum atomic E-state index is -3.63. The van der Waals surface area contributed by atoms with E-state index >= 15 is 0 Å². The minimum Gasteiger partial charge on any atom is -0.480 e. The fourth-order valence-corrected chi connectivity index (χ4v) is 2.56. The highest BCUT2D eigenvalue weighted by Gasteiger charge is 2.32. The van der Waals surface area contributed by atoms with Crippen LogP contribution in [0.5, 0.6) is 0 Å². The Morgan fingerprint density at radius 2 is 2.00 bits per heavy atom. The molecule has 0 fully saturated rings. The second kappa shape index (κ2) is 3.30. The second-order valence-electron chi connectivity index (χ2n) is 3.06. The summed E-state index contributed by atoms with van der Waals surface area (Å²) in [5.74, 6) is -1.13. The van der Waals surface area contributed by atoms with Gasteiger partial charge >= 0.3 is 5.97 Å². The highest BCUT2D eigenvalue weighted by Crippen LogP contribution is 2.25. The Bertz CT molecular complexity index is 511. The number of hydrogen-bond acceptors (Lipinski definition) is 4. The van der Waals surface area contributed by atoms with Crippen molar-refractivity contribution in [3.8, 4) is 0 Å². The summed E-state index contributed by atoms with van der Waals surface area (Å²) in [5, 5.41) is 8.86. The molecule has 1 aromatic rings. The number of rotatable bonds is 1. The van der Waals surface area contributed by atoms with Gasteiger partial charge < -0.3 is 5.11 Å². The maximum Gasteiger partial charge on any atom is 0.326 e. The average Bonchev–Trinajstić information content (AvgIpc) is 2.17. The first kappa shape index (κ1) is 10.1. The van der Waals surface area contributed by atoms with Crippen LogP contribution in [-0.2, 0) is 14.8 Å². The van der Waals surface area contributed by atoms with E-state index in [2.05, 4.69) is 5.43 Å². The van der Waals surface area contributed by atoms with Crippen molar-refractivity contribution in [1.29, 1.82) is 0 Å². The molecule has 0 radical (unpaired) electrons. The normalized spacial score (nSPS) is 23.1. The Labute approximate surface area is 85.9 Å². The molecule has 15 heavy (non-hydrogen) atoms. The van der Waals surface area contributed by atoms with E-state index in [0.29, 0.717) is 0 Å².